The molecule has 0 aliphatic heterocycles. The molecule has 15 heavy (non-hydrogen) atoms. The Morgan fingerprint density at radius 2 is 2.13 bits per heavy atom. The van der Waals surface area contributed by atoms with E-state index in [1.165, 1.54) is 0 Å². The van der Waals surface area contributed by atoms with Crippen molar-refractivity contribution in [1.82, 2.24) is 10.6 Å². The van der Waals surface area contributed by atoms with E-state index in [1.807, 2.05) is 13.8 Å². The number of carbonyl (C=O) groups excluding carboxylic acids is 2. The third kappa shape index (κ3) is 7.75. The van der Waals surface area contributed by atoms with Crippen LogP contribution in [0.5, 0.6) is 0 Å². The van der Waals surface area contributed by atoms with Crippen molar-refractivity contribution >= 4 is 12.0 Å². The fraction of sp³-hybridized carbons (Fsp3) is 0.778. The Morgan fingerprint density at radius 3 is 2.67 bits per heavy atom. The third-order valence-corrected chi connectivity index (χ3v) is 1.79. The van der Waals surface area contributed by atoms with Crippen LogP contribution in [-0.2, 0) is 9.53 Å². The van der Waals surface area contributed by atoms with Crippen LogP contribution in [0.15, 0.2) is 0 Å². The van der Waals surface area contributed by atoms with Crippen LogP contribution in [0.2, 0.25) is 0 Å². The van der Waals surface area contributed by atoms with E-state index in [-0.39, 0.29) is 25.0 Å². The minimum absolute atomic E-state index is 0.0657. The smallest absolute Gasteiger partial charge is 0.404 e. The number of rotatable bonds is 7. The van der Waals surface area contributed by atoms with E-state index in [2.05, 4.69) is 15.4 Å². The normalized spacial score (nSPS) is 11.9. The van der Waals surface area contributed by atoms with Crippen molar-refractivity contribution in [1.29, 1.82) is 0 Å². The van der Waals surface area contributed by atoms with Crippen molar-refractivity contribution in [3.63, 3.8) is 0 Å². The molecule has 6 heteroatoms. The maximum atomic E-state index is 11.4. The predicted molar refractivity (Wildman–Crippen MR) is 56.3 cm³/mol. The van der Waals surface area contributed by atoms with Crippen molar-refractivity contribution in [2.24, 2.45) is 11.7 Å². The van der Waals surface area contributed by atoms with E-state index in [0.29, 0.717) is 6.54 Å². The van der Waals surface area contributed by atoms with Crippen molar-refractivity contribution < 1.29 is 14.3 Å². The van der Waals surface area contributed by atoms with E-state index in [1.54, 1.807) is 0 Å². The number of hydrogen-bond acceptors (Lipinski definition) is 4. The van der Waals surface area contributed by atoms with Gasteiger partial charge in [-0.2, -0.15) is 0 Å². The SMILES string of the molecule is CCNCC(C)C(=O)NCCOC(N)=O. The molecule has 0 fully saturated rings. The molecule has 0 aromatic heterocycles. The Labute approximate surface area is 89.5 Å². The summed E-state index contributed by atoms with van der Waals surface area (Å²) in [5, 5.41) is 5.71. The molecular formula is C9H19N3O3. The molecule has 0 spiro atoms. The van der Waals surface area contributed by atoms with Crippen LogP contribution in [0.1, 0.15) is 13.8 Å². The molecule has 0 bridgehead atoms. The zero-order valence-corrected chi connectivity index (χ0v) is 9.21. The summed E-state index contributed by atoms with van der Waals surface area (Å²) in [7, 11) is 0. The number of carbonyl (C=O) groups is 2. The first-order valence-corrected chi connectivity index (χ1v) is 4.98. The van der Waals surface area contributed by atoms with Gasteiger partial charge in [-0.05, 0) is 6.54 Å². The molecule has 1 unspecified atom stereocenters. The molecule has 2 amide bonds. The van der Waals surface area contributed by atoms with Crippen LogP contribution in [0.4, 0.5) is 4.79 Å². The number of amides is 2. The summed E-state index contributed by atoms with van der Waals surface area (Å²) >= 11 is 0. The van der Waals surface area contributed by atoms with Gasteiger partial charge in [-0.1, -0.05) is 13.8 Å². The van der Waals surface area contributed by atoms with Crippen molar-refractivity contribution in [3.05, 3.63) is 0 Å². The van der Waals surface area contributed by atoms with Gasteiger partial charge >= 0.3 is 6.09 Å². The second-order valence-corrected chi connectivity index (χ2v) is 3.17. The van der Waals surface area contributed by atoms with Gasteiger partial charge in [0.15, 0.2) is 0 Å². The molecule has 88 valence electrons. The van der Waals surface area contributed by atoms with Gasteiger partial charge in [0.25, 0.3) is 0 Å². The number of nitrogens with two attached hydrogens (primary N) is 1. The lowest BCUT2D eigenvalue weighted by molar-refractivity contribution is -0.124. The van der Waals surface area contributed by atoms with Crippen LogP contribution in [-0.4, -0.2) is 38.2 Å². The first-order valence-electron chi connectivity index (χ1n) is 4.98. The maximum Gasteiger partial charge on any atom is 0.404 e. The zero-order valence-electron chi connectivity index (χ0n) is 9.21. The highest BCUT2D eigenvalue weighted by Gasteiger charge is 2.10. The highest BCUT2D eigenvalue weighted by molar-refractivity contribution is 5.78. The molecular weight excluding hydrogens is 198 g/mol. The molecule has 0 aromatic carbocycles. The molecule has 6 nitrogen and oxygen atoms in total. The Hall–Kier alpha value is -1.30. The third-order valence-electron chi connectivity index (χ3n) is 1.79. The second-order valence-electron chi connectivity index (χ2n) is 3.17. The molecule has 0 radical (unpaired) electrons. The topological polar surface area (TPSA) is 93.4 Å². The molecule has 0 saturated carbocycles. The van der Waals surface area contributed by atoms with E-state index < -0.39 is 6.09 Å². The Balaban J connectivity index is 3.51. The minimum Gasteiger partial charge on any atom is -0.448 e. The Morgan fingerprint density at radius 1 is 1.47 bits per heavy atom. The number of nitrogens with one attached hydrogen (secondary N) is 2. The van der Waals surface area contributed by atoms with Crippen molar-refractivity contribution in [3.8, 4) is 0 Å². The lowest BCUT2D eigenvalue weighted by atomic mass is 10.1. The molecule has 0 saturated heterocycles. The highest BCUT2D eigenvalue weighted by Crippen LogP contribution is 1.91. The van der Waals surface area contributed by atoms with E-state index in [4.69, 9.17) is 5.73 Å². The molecule has 0 heterocycles. The summed E-state index contributed by atoms with van der Waals surface area (Å²) in [6.45, 7) is 5.67. The fourth-order valence-corrected chi connectivity index (χ4v) is 0.954. The van der Waals surface area contributed by atoms with Crippen LogP contribution in [0.25, 0.3) is 0 Å². The van der Waals surface area contributed by atoms with Gasteiger partial charge < -0.3 is 21.1 Å². The van der Waals surface area contributed by atoms with Gasteiger partial charge in [0.1, 0.15) is 6.61 Å². The summed E-state index contributed by atoms with van der Waals surface area (Å²) in [5.74, 6) is -0.164. The Bertz CT molecular complexity index is 209. The van der Waals surface area contributed by atoms with Gasteiger partial charge in [-0.25, -0.2) is 4.79 Å². The first-order chi connectivity index (χ1) is 7.07. The first kappa shape index (κ1) is 13.7. The van der Waals surface area contributed by atoms with Crippen LogP contribution < -0.4 is 16.4 Å². The largest absolute Gasteiger partial charge is 0.448 e. The molecule has 0 aliphatic carbocycles. The predicted octanol–water partition coefficient (Wildman–Crippen LogP) is -0.556. The summed E-state index contributed by atoms with van der Waals surface area (Å²) in [6, 6.07) is 0. The minimum atomic E-state index is -0.829. The van der Waals surface area contributed by atoms with E-state index >= 15 is 0 Å². The average Bonchev–Trinajstić information content (AvgIpc) is 2.20. The Kier molecular flexibility index (Phi) is 7.35. The average molecular weight is 217 g/mol. The second kappa shape index (κ2) is 8.05. The lowest BCUT2D eigenvalue weighted by Crippen LogP contribution is -2.37. The molecule has 4 N–H and O–H groups in total. The van der Waals surface area contributed by atoms with Crippen LogP contribution in [0.3, 0.4) is 0 Å². The fourth-order valence-electron chi connectivity index (χ4n) is 0.954. The van der Waals surface area contributed by atoms with E-state index in [9.17, 15) is 9.59 Å². The molecule has 1 atom stereocenters. The highest BCUT2D eigenvalue weighted by atomic mass is 16.5. The van der Waals surface area contributed by atoms with Gasteiger partial charge in [0.05, 0.1) is 6.54 Å². The van der Waals surface area contributed by atoms with Gasteiger partial charge in [0.2, 0.25) is 5.91 Å². The van der Waals surface area contributed by atoms with E-state index in [0.717, 1.165) is 6.54 Å². The van der Waals surface area contributed by atoms with Gasteiger partial charge in [-0.15, -0.1) is 0 Å². The van der Waals surface area contributed by atoms with Crippen molar-refractivity contribution in [2.75, 3.05) is 26.2 Å². The standard InChI is InChI=1S/C9H19N3O3/c1-3-11-6-7(2)8(13)12-4-5-15-9(10)14/h7,11H,3-6H2,1-2H3,(H2,10,14)(H,12,13). The summed E-state index contributed by atoms with van der Waals surface area (Å²) in [4.78, 5) is 21.6. The molecule has 0 rings (SSSR count). The summed E-state index contributed by atoms with van der Waals surface area (Å²) in [5.41, 5.74) is 4.75. The lowest BCUT2D eigenvalue weighted by Gasteiger charge is -2.12. The number of ether oxygens (including phenoxy) is 1. The van der Waals surface area contributed by atoms with Crippen LogP contribution in [0, 0.1) is 5.92 Å². The molecule has 0 aromatic rings. The number of primary amides is 1. The summed E-state index contributed by atoms with van der Waals surface area (Å²) < 4.78 is 4.46. The zero-order chi connectivity index (χ0) is 11.7. The number of hydrogen-bond donors (Lipinski definition) is 3. The maximum absolute atomic E-state index is 11.4. The van der Waals surface area contributed by atoms with Crippen molar-refractivity contribution in [2.45, 2.75) is 13.8 Å². The summed E-state index contributed by atoms with van der Waals surface area (Å²) in [6.07, 6.45) is -0.829. The van der Waals surface area contributed by atoms with Gasteiger partial charge in [0, 0.05) is 12.5 Å². The monoisotopic (exact) mass is 217 g/mol. The molecule has 0 aliphatic rings. The van der Waals surface area contributed by atoms with Crippen LogP contribution >= 0.6 is 0 Å². The van der Waals surface area contributed by atoms with Gasteiger partial charge in [-0.3, -0.25) is 4.79 Å². The quantitative estimate of drug-likeness (QED) is 0.498.